The first-order chi connectivity index (χ1) is 16.2. The molecule has 34 heavy (non-hydrogen) atoms. The van der Waals surface area contributed by atoms with Crippen LogP contribution in [0.4, 0.5) is 11.4 Å². The normalized spacial score (nSPS) is 10.9. The summed E-state index contributed by atoms with van der Waals surface area (Å²) in [5, 5.41) is 15.9. The van der Waals surface area contributed by atoms with E-state index in [2.05, 4.69) is 10.6 Å². The summed E-state index contributed by atoms with van der Waals surface area (Å²) in [5.41, 5.74) is 2.19. The number of hydrogen-bond acceptors (Lipinski definition) is 4. The van der Waals surface area contributed by atoms with Crippen LogP contribution in [-0.4, -0.2) is 18.4 Å². The molecule has 0 spiro atoms. The summed E-state index contributed by atoms with van der Waals surface area (Å²) < 4.78 is 5.62. The molecule has 6 nitrogen and oxygen atoms in total. The van der Waals surface area contributed by atoms with Crippen molar-refractivity contribution in [1.29, 1.82) is 5.26 Å². The quantitative estimate of drug-likeness (QED) is 0.277. The van der Waals surface area contributed by atoms with E-state index in [0.717, 1.165) is 5.56 Å². The molecule has 0 radical (unpaired) electrons. The lowest BCUT2D eigenvalue weighted by atomic mass is 10.1. The van der Waals surface area contributed by atoms with Crippen molar-refractivity contribution in [2.45, 2.75) is 6.92 Å². The molecule has 2 amide bonds. The summed E-state index contributed by atoms with van der Waals surface area (Å²) in [7, 11) is 0. The van der Waals surface area contributed by atoms with E-state index in [0.29, 0.717) is 32.0 Å². The van der Waals surface area contributed by atoms with Gasteiger partial charge >= 0.3 is 0 Å². The molecule has 0 aliphatic carbocycles. The second-order valence-corrected chi connectivity index (χ2v) is 8.39. The van der Waals surface area contributed by atoms with Gasteiger partial charge in [-0.2, -0.15) is 5.26 Å². The number of ether oxygens (including phenoxy) is 1. The highest BCUT2D eigenvalue weighted by molar-refractivity contribution is 6.42. The zero-order valence-electron chi connectivity index (χ0n) is 17.9. The number of carbonyl (C=O) groups excluding carboxylic acids is 2. The van der Waals surface area contributed by atoms with Crippen molar-refractivity contribution in [2.75, 3.05) is 17.2 Å². The van der Waals surface area contributed by atoms with Gasteiger partial charge in [-0.25, -0.2) is 0 Å². The van der Waals surface area contributed by atoms with E-state index in [1.54, 1.807) is 42.5 Å². The molecule has 0 aliphatic heterocycles. The lowest BCUT2D eigenvalue weighted by Crippen LogP contribution is -2.20. The number of rotatable bonds is 7. The molecule has 0 saturated heterocycles. The number of nitriles is 1. The van der Waals surface area contributed by atoms with E-state index >= 15 is 0 Å². The van der Waals surface area contributed by atoms with Gasteiger partial charge in [0, 0.05) is 22.0 Å². The predicted molar refractivity (Wildman–Crippen MR) is 135 cm³/mol. The molecule has 3 rings (SSSR count). The van der Waals surface area contributed by atoms with Gasteiger partial charge in [0.2, 0.25) is 0 Å². The summed E-state index contributed by atoms with van der Waals surface area (Å²) in [6.07, 6.45) is 1.35. The average Bonchev–Trinajstić information content (AvgIpc) is 2.79. The highest BCUT2D eigenvalue weighted by Gasteiger charge is 2.13. The second kappa shape index (κ2) is 11.6. The Balaban J connectivity index is 1.74. The number of nitrogens with zero attached hydrogens (tertiary/aromatic N) is 1. The number of amides is 2. The fraction of sp³-hybridized carbons (Fsp3) is 0.0800. The number of anilines is 2. The lowest BCUT2D eigenvalue weighted by Gasteiger charge is -2.11. The summed E-state index contributed by atoms with van der Waals surface area (Å²) in [4.78, 5) is 24.9. The Morgan fingerprint density at radius 1 is 0.971 bits per heavy atom. The van der Waals surface area contributed by atoms with Crippen LogP contribution in [0, 0.1) is 18.3 Å². The molecule has 0 unspecified atom stereocenters. The third-order valence-corrected chi connectivity index (χ3v) is 5.45. The molecule has 0 atom stereocenters. The molecule has 3 aromatic rings. The largest absolute Gasteiger partial charge is 0.483 e. The van der Waals surface area contributed by atoms with Crippen LogP contribution in [0.2, 0.25) is 15.1 Å². The predicted octanol–water partition coefficient (Wildman–Crippen LogP) is 6.52. The zero-order chi connectivity index (χ0) is 24.7. The summed E-state index contributed by atoms with van der Waals surface area (Å²) in [6.45, 7) is 1.56. The Hall–Kier alpha value is -3.50. The molecule has 3 aromatic carbocycles. The number of hydrogen-bond donors (Lipinski definition) is 2. The molecule has 0 heterocycles. The topological polar surface area (TPSA) is 91.2 Å². The molecule has 2 N–H and O–H groups in total. The fourth-order valence-electron chi connectivity index (χ4n) is 2.90. The van der Waals surface area contributed by atoms with E-state index in [1.165, 1.54) is 18.2 Å². The van der Waals surface area contributed by atoms with E-state index in [4.69, 9.17) is 39.5 Å². The minimum atomic E-state index is -0.587. The van der Waals surface area contributed by atoms with E-state index in [1.807, 2.05) is 19.1 Å². The Morgan fingerprint density at radius 3 is 2.44 bits per heavy atom. The molecule has 0 bridgehead atoms. The molecular weight excluding hydrogens is 497 g/mol. The maximum atomic E-state index is 12.6. The van der Waals surface area contributed by atoms with Crippen LogP contribution in [0.3, 0.4) is 0 Å². The first kappa shape index (κ1) is 25.1. The Morgan fingerprint density at radius 2 is 1.74 bits per heavy atom. The van der Waals surface area contributed by atoms with Gasteiger partial charge in [0.15, 0.2) is 6.61 Å². The molecule has 0 aromatic heterocycles. The Kier molecular flexibility index (Phi) is 8.55. The first-order valence-electron chi connectivity index (χ1n) is 9.92. The van der Waals surface area contributed by atoms with Gasteiger partial charge in [-0.1, -0.05) is 46.9 Å². The van der Waals surface area contributed by atoms with Crippen LogP contribution in [0.25, 0.3) is 6.08 Å². The molecule has 0 fully saturated rings. The van der Waals surface area contributed by atoms with Crippen LogP contribution in [0.5, 0.6) is 5.75 Å². The van der Waals surface area contributed by atoms with Crippen LogP contribution in [0.1, 0.15) is 11.1 Å². The standard InChI is InChI=1S/C25H18Cl3N3O3/c1-15-3-2-4-19(9-15)31-25(33)17(13-29)10-16-11-18(26)5-8-23(16)34-14-24(32)30-20-6-7-21(27)22(28)12-20/h2-12H,14H2,1H3,(H,30,32)(H,31,33)/b17-10+. The van der Waals surface area contributed by atoms with Gasteiger partial charge in [0.25, 0.3) is 11.8 Å². The molecule has 9 heteroatoms. The third-order valence-electron chi connectivity index (χ3n) is 4.47. The monoisotopic (exact) mass is 513 g/mol. The van der Waals surface area contributed by atoms with Crippen molar-refractivity contribution in [3.63, 3.8) is 0 Å². The molecule has 0 saturated carbocycles. The second-order valence-electron chi connectivity index (χ2n) is 7.14. The number of benzene rings is 3. The Bertz CT molecular complexity index is 1320. The van der Waals surface area contributed by atoms with Crippen molar-refractivity contribution in [2.24, 2.45) is 0 Å². The SMILES string of the molecule is Cc1cccc(NC(=O)/C(C#N)=C/c2cc(Cl)ccc2OCC(=O)Nc2ccc(Cl)c(Cl)c2)c1. The molecular formula is C25H18Cl3N3O3. The van der Waals surface area contributed by atoms with E-state index in [9.17, 15) is 14.9 Å². The number of aryl methyl sites for hydroxylation is 1. The zero-order valence-corrected chi connectivity index (χ0v) is 20.1. The van der Waals surface area contributed by atoms with Crippen molar-refractivity contribution < 1.29 is 14.3 Å². The van der Waals surface area contributed by atoms with Crippen LogP contribution >= 0.6 is 34.8 Å². The maximum Gasteiger partial charge on any atom is 0.266 e. The maximum absolute atomic E-state index is 12.6. The van der Waals surface area contributed by atoms with Gasteiger partial charge in [0.05, 0.1) is 10.0 Å². The number of carbonyl (C=O) groups is 2. The van der Waals surface area contributed by atoms with Crippen LogP contribution < -0.4 is 15.4 Å². The average molecular weight is 515 g/mol. The van der Waals surface area contributed by atoms with Crippen LogP contribution in [-0.2, 0) is 9.59 Å². The highest BCUT2D eigenvalue weighted by Crippen LogP contribution is 2.27. The smallest absolute Gasteiger partial charge is 0.266 e. The third kappa shape index (κ3) is 7.00. The first-order valence-corrected chi connectivity index (χ1v) is 11.1. The van der Waals surface area contributed by atoms with Gasteiger partial charge in [0.1, 0.15) is 17.4 Å². The highest BCUT2D eigenvalue weighted by atomic mass is 35.5. The van der Waals surface area contributed by atoms with Crippen molar-refractivity contribution >= 4 is 64.1 Å². The van der Waals surface area contributed by atoms with Crippen molar-refractivity contribution in [3.8, 4) is 11.8 Å². The Labute approximate surface area is 211 Å². The lowest BCUT2D eigenvalue weighted by molar-refractivity contribution is -0.118. The molecule has 172 valence electrons. The van der Waals surface area contributed by atoms with Gasteiger partial charge in [-0.05, 0) is 67.1 Å². The van der Waals surface area contributed by atoms with E-state index in [-0.39, 0.29) is 17.9 Å². The van der Waals surface area contributed by atoms with Crippen molar-refractivity contribution in [3.05, 3.63) is 92.4 Å². The fourth-order valence-corrected chi connectivity index (χ4v) is 3.38. The summed E-state index contributed by atoms with van der Waals surface area (Å²) in [6, 6.07) is 18.4. The number of halogens is 3. The van der Waals surface area contributed by atoms with Gasteiger partial charge in [-0.15, -0.1) is 0 Å². The van der Waals surface area contributed by atoms with Crippen molar-refractivity contribution in [1.82, 2.24) is 0 Å². The van der Waals surface area contributed by atoms with Crippen LogP contribution in [0.15, 0.2) is 66.2 Å². The summed E-state index contributed by atoms with van der Waals surface area (Å²) in [5.74, 6) is -0.762. The van der Waals surface area contributed by atoms with E-state index < -0.39 is 11.8 Å². The summed E-state index contributed by atoms with van der Waals surface area (Å²) >= 11 is 17.9. The molecule has 0 aliphatic rings. The number of nitrogens with one attached hydrogen (secondary N) is 2. The minimum absolute atomic E-state index is 0.158. The van der Waals surface area contributed by atoms with Gasteiger partial charge in [-0.3, -0.25) is 9.59 Å². The minimum Gasteiger partial charge on any atom is -0.483 e. The van der Waals surface area contributed by atoms with Gasteiger partial charge < -0.3 is 15.4 Å².